The van der Waals surface area contributed by atoms with Crippen molar-refractivity contribution in [2.75, 3.05) is 10.2 Å². The van der Waals surface area contributed by atoms with Crippen molar-refractivity contribution in [1.29, 1.82) is 0 Å². The van der Waals surface area contributed by atoms with Crippen molar-refractivity contribution in [3.05, 3.63) is 59.7 Å². The molecule has 2 N–H and O–H groups in total. The molecule has 0 saturated carbocycles. The molecule has 2 aliphatic heterocycles. The van der Waals surface area contributed by atoms with Gasteiger partial charge in [0, 0.05) is 11.3 Å². The zero-order chi connectivity index (χ0) is 13.9. The molecule has 1 amide bonds. The van der Waals surface area contributed by atoms with Crippen molar-refractivity contribution in [3.63, 3.8) is 0 Å². The Bertz CT molecular complexity index is 724. The summed E-state index contributed by atoms with van der Waals surface area (Å²) in [5, 5.41) is 14.1. The van der Waals surface area contributed by atoms with Crippen LogP contribution in [0.1, 0.15) is 22.8 Å². The minimum Gasteiger partial charge on any atom is -0.381 e. The van der Waals surface area contributed by atoms with E-state index in [4.69, 9.17) is 0 Å². The summed E-state index contributed by atoms with van der Waals surface area (Å²) in [5.41, 5.74) is 1.84. The zero-order valence-electron chi connectivity index (χ0n) is 11.0. The van der Waals surface area contributed by atoms with E-state index in [1.165, 1.54) is 0 Å². The second kappa shape index (κ2) is 3.61. The first-order valence-electron chi connectivity index (χ1n) is 6.62. The van der Waals surface area contributed by atoms with E-state index in [2.05, 4.69) is 5.32 Å². The van der Waals surface area contributed by atoms with Crippen molar-refractivity contribution in [3.8, 4) is 0 Å². The molecule has 0 aromatic heterocycles. The molecule has 100 valence electrons. The molecule has 2 aliphatic rings. The lowest BCUT2D eigenvalue weighted by Gasteiger charge is -2.37. The number of para-hydroxylation sites is 2. The molecule has 0 aliphatic carbocycles. The first-order chi connectivity index (χ1) is 9.60. The predicted octanol–water partition coefficient (Wildman–Crippen LogP) is 2.31. The lowest BCUT2D eigenvalue weighted by atomic mass is 9.95. The highest BCUT2D eigenvalue weighted by molar-refractivity contribution is 6.13. The molecule has 2 heterocycles. The molecule has 20 heavy (non-hydrogen) atoms. The van der Waals surface area contributed by atoms with E-state index in [-0.39, 0.29) is 5.91 Å². The number of hydrogen-bond donors (Lipinski definition) is 2. The van der Waals surface area contributed by atoms with E-state index >= 15 is 0 Å². The Morgan fingerprint density at radius 2 is 1.85 bits per heavy atom. The predicted molar refractivity (Wildman–Crippen MR) is 76.7 cm³/mol. The maximum absolute atomic E-state index is 12.7. The molecular weight excluding hydrogens is 252 g/mol. The van der Waals surface area contributed by atoms with Crippen molar-refractivity contribution in [2.24, 2.45) is 0 Å². The van der Waals surface area contributed by atoms with Gasteiger partial charge in [-0.2, -0.15) is 0 Å². The van der Waals surface area contributed by atoms with Crippen LogP contribution in [0.3, 0.4) is 0 Å². The molecule has 0 spiro atoms. The minimum absolute atomic E-state index is 0.0745. The number of fused-ring (bicyclic) bond motifs is 4. The number of anilines is 2. The standard InChI is InChI=1S/C16H14N2O2/c1-16(20)11-7-3-5-9-13(11)18-14(19)10-6-2-4-8-12(10)17-15(16)18/h2-9,15,17,20H,1H3/t15-,16-/m1/s1. The SMILES string of the molecule is C[C@@]1(O)c2ccccc2N2C(=O)c3ccccc3N[C@H]21. The van der Waals surface area contributed by atoms with Crippen molar-refractivity contribution < 1.29 is 9.90 Å². The van der Waals surface area contributed by atoms with E-state index in [1.807, 2.05) is 42.5 Å². The molecule has 0 saturated heterocycles. The third kappa shape index (κ3) is 1.26. The van der Waals surface area contributed by atoms with Gasteiger partial charge in [0.2, 0.25) is 0 Å². The van der Waals surface area contributed by atoms with Gasteiger partial charge in [-0.3, -0.25) is 9.69 Å². The van der Waals surface area contributed by atoms with Gasteiger partial charge in [-0.1, -0.05) is 30.3 Å². The number of aliphatic hydroxyl groups is 1. The van der Waals surface area contributed by atoms with E-state index < -0.39 is 11.8 Å². The molecule has 2 atom stereocenters. The van der Waals surface area contributed by atoms with Crippen LogP contribution in [-0.2, 0) is 5.60 Å². The first kappa shape index (κ1) is 11.5. The van der Waals surface area contributed by atoms with Crippen LogP contribution in [0.4, 0.5) is 11.4 Å². The second-order valence-corrected chi connectivity index (χ2v) is 5.43. The van der Waals surface area contributed by atoms with E-state index in [0.29, 0.717) is 5.56 Å². The number of carbonyl (C=O) groups excluding carboxylic acids is 1. The van der Waals surface area contributed by atoms with Crippen LogP contribution in [0.5, 0.6) is 0 Å². The normalized spacial score (nSPS) is 26.6. The number of carbonyl (C=O) groups is 1. The molecule has 0 bridgehead atoms. The fraction of sp³-hybridized carbons (Fsp3) is 0.188. The maximum Gasteiger partial charge on any atom is 0.262 e. The zero-order valence-corrected chi connectivity index (χ0v) is 11.0. The van der Waals surface area contributed by atoms with E-state index in [9.17, 15) is 9.90 Å². The Morgan fingerprint density at radius 3 is 2.70 bits per heavy atom. The molecule has 0 fully saturated rings. The summed E-state index contributed by atoms with van der Waals surface area (Å²) < 4.78 is 0. The van der Waals surface area contributed by atoms with Gasteiger partial charge in [0.15, 0.2) is 0 Å². The van der Waals surface area contributed by atoms with Gasteiger partial charge in [-0.05, 0) is 25.1 Å². The number of hydrogen-bond acceptors (Lipinski definition) is 3. The Labute approximate surface area is 116 Å². The quantitative estimate of drug-likeness (QED) is 0.769. The molecule has 2 aromatic rings. The fourth-order valence-electron chi connectivity index (χ4n) is 3.15. The summed E-state index contributed by atoms with van der Waals surface area (Å²) in [4.78, 5) is 14.4. The van der Waals surface area contributed by atoms with E-state index in [1.54, 1.807) is 17.9 Å². The van der Waals surface area contributed by atoms with Crippen molar-refractivity contribution in [2.45, 2.75) is 18.7 Å². The van der Waals surface area contributed by atoms with Crippen LogP contribution in [0.25, 0.3) is 0 Å². The minimum atomic E-state index is -1.11. The molecule has 2 aromatic carbocycles. The average molecular weight is 266 g/mol. The Balaban J connectivity index is 1.95. The highest BCUT2D eigenvalue weighted by Crippen LogP contribution is 2.46. The number of benzene rings is 2. The molecule has 0 radical (unpaired) electrons. The smallest absolute Gasteiger partial charge is 0.262 e. The summed E-state index contributed by atoms with van der Waals surface area (Å²) >= 11 is 0. The average Bonchev–Trinajstić information content (AvgIpc) is 2.69. The van der Waals surface area contributed by atoms with Crippen LogP contribution in [0.15, 0.2) is 48.5 Å². The van der Waals surface area contributed by atoms with Gasteiger partial charge >= 0.3 is 0 Å². The molecule has 0 unspecified atom stereocenters. The van der Waals surface area contributed by atoms with Gasteiger partial charge in [-0.25, -0.2) is 0 Å². The topological polar surface area (TPSA) is 52.6 Å². The van der Waals surface area contributed by atoms with Gasteiger partial charge < -0.3 is 10.4 Å². The number of amides is 1. The lowest BCUT2D eigenvalue weighted by molar-refractivity contribution is 0.0433. The summed E-state index contributed by atoms with van der Waals surface area (Å²) in [7, 11) is 0. The van der Waals surface area contributed by atoms with Crippen LogP contribution < -0.4 is 10.2 Å². The highest BCUT2D eigenvalue weighted by atomic mass is 16.3. The fourth-order valence-corrected chi connectivity index (χ4v) is 3.15. The summed E-state index contributed by atoms with van der Waals surface area (Å²) in [5.74, 6) is -0.0745. The number of nitrogens with zero attached hydrogens (tertiary/aromatic N) is 1. The second-order valence-electron chi connectivity index (χ2n) is 5.43. The maximum atomic E-state index is 12.7. The summed E-state index contributed by atoms with van der Waals surface area (Å²) in [6.07, 6.45) is -0.470. The third-order valence-electron chi connectivity index (χ3n) is 4.17. The van der Waals surface area contributed by atoms with E-state index in [0.717, 1.165) is 16.9 Å². The molecule has 4 heteroatoms. The van der Waals surface area contributed by atoms with Crippen LogP contribution >= 0.6 is 0 Å². The molecule has 4 nitrogen and oxygen atoms in total. The van der Waals surface area contributed by atoms with Crippen LogP contribution in [0.2, 0.25) is 0 Å². The molecular formula is C16H14N2O2. The third-order valence-corrected chi connectivity index (χ3v) is 4.17. The number of rotatable bonds is 0. The summed E-state index contributed by atoms with van der Waals surface area (Å²) in [6, 6.07) is 14.9. The monoisotopic (exact) mass is 266 g/mol. The number of nitrogens with one attached hydrogen (secondary N) is 1. The van der Waals surface area contributed by atoms with Gasteiger partial charge in [0.1, 0.15) is 11.8 Å². The Kier molecular flexibility index (Phi) is 2.07. The van der Waals surface area contributed by atoms with Crippen LogP contribution in [0, 0.1) is 0 Å². The summed E-state index contributed by atoms with van der Waals surface area (Å²) in [6.45, 7) is 1.74. The largest absolute Gasteiger partial charge is 0.381 e. The van der Waals surface area contributed by atoms with Crippen molar-refractivity contribution >= 4 is 17.3 Å². The Morgan fingerprint density at radius 1 is 1.15 bits per heavy atom. The Hall–Kier alpha value is -2.33. The van der Waals surface area contributed by atoms with Crippen LogP contribution in [-0.4, -0.2) is 17.2 Å². The molecule has 4 rings (SSSR count). The van der Waals surface area contributed by atoms with Gasteiger partial charge in [-0.15, -0.1) is 0 Å². The van der Waals surface area contributed by atoms with Gasteiger partial charge in [0.25, 0.3) is 5.91 Å². The lowest BCUT2D eigenvalue weighted by Crippen LogP contribution is -2.54. The van der Waals surface area contributed by atoms with Gasteiger partial charge in [0.05, 0.1) is 11.3 Å². The van der Waals surface area contributed by atoms with Crippen molar-refractivity contribution in [1.82, 2.24) is 0 Å². The first-order valence-corrected chi connectivity index (χ1v) is 6.62. The highest BCUT2D eigenvalue weighted by Gasteiger charge is 2.51.